The number of hydrogen-bond acceptors (Lipinski definition) is 4. The molecule has 224 valence electrons. The van der Waals surface area contributed by atoms with Crippen molar-refractivity contribution < 1.29 is 18.8 Å². The van der Waals surface area contributed by atoms with Crippen LogP contribution in [0.15, 0.2) is 84.0 Å². The third-order valence-electron chi connectivity index (χ3n) is 11.0. The van der Waals surface area contributed by atoms with Crippen LogP contribution in [0.3, 0.4) is 0 Å². The summed E-state index contributed by atoms with van der Waals surface area (Å²) in [5.41, 5.74) is 1.57. The van der Waals surface area contributed by atoms with Crippen molar-refractivity contribution in [2.24, 2.45) is 28.1 Å². The fourth-order valence-electron chi connectivity index (χ4n) is 8.45. The smallest absolute Gasteiger partial charge is 0.313 e. The molecule has 4 aliphatic carbocycles. The lowest BCUT2D eigenvalue weighted by atomic mass is 9.64. The van der Waals surface area contributed by atoms with E-state index in [9.17, 15) is 9.59 Å². The minimum Gasteiger partial charge on any atom is -0.469 e. The number of ketones is 1. The molecule has 4 aliphatic rings. The second-order valence-corrected chi connectivity index (χ2v) is 19.0. The van der Waals surface area contributed by atoms with Crippen LogP contribution in [0.2, 0.25) is 5.04 Å². The van der Waals surface area contributed by atoms with E-state index in [1.54, 1.807) is 6.92 Å². The number of carbonyl (C=O) groups is 2. The number of allylic oxidation sites excluding steroid dienone is 4. The molecular formula is C37H48O4Si. The van der Waals surface area contributed by atoms with E-state index in [1.165, 1.54) is 28.6 Å². The van der Waals surface area contributed by atoms with Crippen LogP contribution in [0, 0.1) is 28.1 Å². The highest BCUT2D eigenvalue weighted by Crippen LogP contribution is 2.79. The molecule has 1 unspecified atom stereocenters. The largest absolute Gasteiger partial charge is 0.469 e. The fourth-order valence-corrected chi connectivity index (χ4v) is 13.1. The Morgan fingerprint density at radius 1 is 0.976 bits per heavy atom. The Kier molecular flexibility index (Phi) is 7.85. The number of hydrogen-bond donors (Lipinski definition) is 0. The highest BCUT2D eigenvalue weighted by atomic mass is 28.4. The zero-order chi connectivity index (χ0) is 30.6. The van der Waals surface area contributed by atoms with Gasteiger partial charge in [0.15, 0.2) is 0 Å². The molecule has 0 aromatic heterocycles. The molecule has 4 nitrogen and oxygen atoms in total. The Morgan fingerprint density at radius 2 is 1.55 bits per heavy atom. The first-order valence-electron chi connectivity index (χ1n) is 15.5. The minimum atomic E-state index is -2.81. The van der Waals surface area contributed by atoms with Crippen molar-refractivity contribution in [2.45, 2.75) is 79.2 Å². The Labute approximate surface area is 253 Å². The summed E-state index contributed by atoms with van der Waals surface area (Å²) in [4.78, 5) is 26.3. The van der Waals surface area contributed by atoms with Crippen LogP contribution in [-0.4, -0.2) is 33.8 Å². The van der Waals surface area contributed by atoms with Crippen molar-refractivity contribution in [1.29, 1.82) is 0 Å². The van der Waals surface area contributed by atoms with E-state index in [-0.39, 0.29) is 23.0 Å². The predicted octanol–water partition coefficient (Wildman–Crippen LogP) is 7.03. The summed E-state index contributed by atoms with van der Waals surface area (Å²) in [5, 5.41) is 2.20. The number of carbonyl (C=O) groups excluding carboxylic acids is 2. The predicted molar refractivity (Wildman–Crippen MR) is 172 cm³/mol. The number of Topliss-reactive ketones (excluding diaryl/α,β-unsaturated/α-hetero) is 1. The Hall–Kier alpha value is -2.76. The van der Waals surface area contributed by atoms with E-state index in [1.807, 2.05) is 19.1 Å². The molecule has 0 radical (unpaired) electrons. The van der Waals surface area contributed by atoms with Gasteiger partial charge in [-0.3, -0.25) is 9.59 Å². The first kappa shape index (κ1) is 30.7. The molecule has 42 heavy (non-hydrogen) atoms. The van der Waals surface area contributed by atoms with Gasteiger partial charge in [0.25, 0.3) is 8.32 Å². The topological polar surface area (TPSA) is 52.6 Å². The quantitative estimate of drug-likeness (QED) is 0.210. The zero-order valence-electron chi connectivity index (χ0n) is 26.8. The third kappa shape index (κ3) is 4.77. The van der Waals surface area contributed by atoms with Crippen LogP contribution in [0.25, 0.3) is 0 Å². The highest BCUT2D eigenvalue weighted by molar-refractivity contribution is 6.99. The van der Waals surface area contributed by atoms with E-state index < -0.39 is 13.7 Å². The van der Waals surface area contributed by atoms with Crippen LogP contribution in [0.1, 0.15) is 74.1 Å². The van der Waals surface area contributed by atoms with Gasteiger partial charge in [-0.15, -0.1) is 0 Å². The number of benzene rings is 2. The molecular weight excluding hydrogens is 536 g/mol. The van der Waals surface area contributed by atoms with E-state index in [2.05, 4.69) is 95.3 Å². The second kappa shape index (κ2) is 10.7. The van der Waals surface area contributed by atoms with Gasteiger partial charge >= 0.3 is 5.97 Å². The first-order chi connectivity index (χ1) is 19.7. The highest BCUT2D eigenvalue weighted by Gasteiger charge is 2.73. The van der Waals surface area contributed by atoms with Crippen molar-refractivity contribution in [2.75, 3.05) is 13.7 Å². The molecule has 5 atom stereocenters. The average molecular weight is 585 g/mol. The normalized spacial score (nSPS) is 28.1. The van der Waals surface area contributed by atoms with Crippen molar-refractivity contribution in [3.05, 3.63) is 84.0 Å². The molecule has 0 N–H and O–H groups in total. The van der Waals surface area contributed by atoms with Crippen molar-refractivity contribution in [3.63, 3.8) is 0 Å². The van der Waals surface area contributed by atoms with E-state index in [4.69, 9.17) is 9.16 Å². The molecule has 4 bridgehead atoms. The van der Waals surface area contributed by atoms with Crippen LogP contribution in [0.4, 0.5) is 0 Å². The zero-order valence-corrected chi connectivity index (χ0v) is 27.8. The minimum absolute atomic E-state index is 0.185. The second-order valence-electron chi connectivity index (χ2n) is 14.7. The lowest BCUT2D eigenvalue weighted by Crippen LogP contribution is -2.67. The fraction of sp³-hybridized carbons (Fsp3) is 0.514. The van der Waals surface area contributed by atoms with Crippen LogP contribution >= 0.6 is 0 Å². The Bertz CT molecular complexity index is 1360. The summed E-state index contributed by atoms with van der Waals surface area (Å²) >= 11 is 0. The molecule has 0 spiro atoms. The molecule has 0 heterocycles. The molecule has 0 saturated heterocycles. The van der Waals surface area contributed by atoms with Gasteiger partial charge in [-0.25, -0.2) is 0 Å². The van der Waals surface area contributed by atoms with E-state index >= 15 is 0 Å². The molecule has 5 heteroatoms. The Balaban J connectivity index is 1.41. The first-order valence-corrected chi connectivity index (χ1v) is 17.4. The monoisotopic (exact) mass is 584 g/mol. The van der Waals surface area contributed by atoms with Crippen molar-refractivity contribution >= 4 is 30.4 Å². The van der Waals surface area contributed by atoms with Gasteiger partial charge in [0, 0.05) is 0 Å². The summed E-state index contributed by atoms with van der Waals surface area (Å²) in [6.45, 7) is 15.3. The van der Waals surface area contributed by atoms with Gasteiger partial charge in [-0.05, 0) is 84.7 Å². The number of methoxy groups -OCH3 is 1. The summed E-state index contributed by atoms with van der Waals surface area (Å²) in [7, 11) is -1.35. The van der Waals surface area contributed by atoms with Crippen LogP contribution < -0.4 is 10.4 Å². The average Bonchev–Trinajstić information content (AvgIpc) is 3.41. The van der Waals surface area contributed by atoms with E-state index in [0.717, 1.165) is 12.8 Å². The van der Waals surface area contributed by atoms with Gasteiger partial charge in [-0.1, -0.05) is 106 Å². The molecule has 2 aromatic carbocycles. The van der Waals surface area contributed by atoms with Gasteiger partial charge in [0.1, 0.15) is 5.78 Å². The number of rotatable bonds is 11. The third-order valence-corrected chi connectivity index (χ3v) is 16.0. The molecule has 0 amide bonds. The molecule has 6 rings (SSSR count). The molecule has 2 aromatic rings. The van der Waals surface area contributed by atoms with Gasteiger partial charge < -0.3 is 9.16 Å². The summed E-state index contributed by atoms with van der Waals surface area (Å²) in [6.07, 6.45) is 7.91. The lowest BCUT2D eigenvalue weighted by Gasteiger charge is -2.44. The van der Waals surface area contributed by atoms with Crippen LogP contribution in [0.5, 0.6) is 0 Å². The van der Waals surface area contributed by atoms with Crippen LogP contribution in [-0.2, 0) is 18.8 Å². The SMILES string of the molecule is COC(=O)[C@](C)(CC/C=C(\C)C1=C[C@@H]2C3C[C@@]1(C(C)=O)C[C@@]32C)CO[Si](c1ccccc1)(c1ccccc1)C(C)(C)C. The molecule has 2 fully saturated rings. The maximum atomic E-state index is 13.4. The lowest BCUT2D eigenvalue weighted by molar-refractivity contribution is -0.154. The summed E-state index contributed by atoms with van der Waals surface area (Å²) < 4.78 is 12.6. The summed E-state index contributed by atoms with van der Waals surface area (Å²) in [6, 6.07) is 21.1. The summed E-state index contributed by atoms with van der Waals surface area (Å²) in [5.74, 6) is 1.32. The van der Waals surface area contributed by atoms with Gasteiger partial charge in [0.05, 0.1) is 24.5 Å². The number of esters is 1. The van der Waals surface area contributed by atoms with Crippen molar-refractivity contribution in [3.8, 4) is 0 Å². The van der Waals surface area contributed by atoms with Gasteiger partial charge in [0.2, 0.25) is 0 Å². The Morgan fingerprint density at radius 3 is 2.00 bits per heavy atom. The van der Waals surface area contributed by atoms with Gasteiger partial charge in [-0.2, -0.15) is 0 Å². The standard InChI is InChI=1S/C37H48O4Si/c1-26(30-22-31-32-23-37(30,27(2)38)24-36(31,32)7)16-15-21-35(6,33(39)40-8)25-41-42(34(3,4)5,28-17-11-9-12-18-28)29-19-13-10-14-20-29/h9-14,16-20,22,31-32H,15,21,23-25H2,1-8H3/b26-16+/t31-,32?,35-,36-,37+/m1/s1. The molecule has 0 aliphatic heterocycles. The molecule has 2 saturated carbocycles. The van der Waals surface area contributed by atoms with E-state index in [0.29, 0.717) is 35.9 Å². The maximum absolute atomic E-state index is 13.4. The maximum Gasteiger partial charge on any atom is 0.313 e. The number of ether oxygens (including phenoxy) is 1. The van der Waals surface area contributed by atoms with Crippen molar-refractivity contribution in [1.82, 2.24) is 0 Å².